The normalized spacial score (nSPS) is 11.7. The first-order valence-electron chi connectivity index (χ1n) is 8.81. The Bertz CT molecular complexity index is 1050. The summed E-state index contributed by atoms with van der Waals surface area (Å²) in [5.41, 5.74) is 0.821. The Morgan fingerprint density at radius 1 is 1.10 bits per heavy atom. The van der Waals surface area contributed by atoms with E-state index >= 15 is 0 Å². The molecule has 2 aromatic carbocycles. The fraction of sp³-hybridized carbons (Fsp3) is 0.238. The van der Waals surface area contributed by atoms with Gasteiger partial charge in [-0.05, 0) is 30.7 Å². The average molecular weight is 434 g/mol. The van der Waals surface area contributed by atoms with Crippen molar-refractivity contribution in [1.29, 1.82) is 0 Å². The highest BCUT2D eigenvalue weighted by Crippen LogP contribution is 2.35. The predicted molar refractivity (Wildman–Crippen MR) is 113 cm³/mol. The number of hydrogen-bond donors (Lipinski definition) is 1. The van der Waals surface area contributed by atoms with E-state index in [0.717, 1.165) is 15.6 Å². The molecule has 1 atom stereocenters. The first kappa shape index (κ1) is 21.0. The lowest BCUT2D eigenvalue weighted by Gasteiger charge is -2.14. The molecule has 3 aromatic rings. The number of halogens is 1. The van der Waals surface area contributed by atoms with E-state index in [1.165, 1.54) is 18.3 Å². The van der Waals surface area contributed by atoms with Crippen LogP contribution in [0.5, 0.6) is 11.5 Å². The van der Waals surface area contributed by atoms with Gasteiger partial charge in [-0.2, -0.15) is 0 Å². The van der Waals surface area contributed by atoms with Crippen molar-refractivity contribution in [3.63, 3.8) is 0 Å². The van der Waals surface area contributed by atoms with Crippen LogP contribution in [0.25, 0.3) is 10.1 Å². The second-order valence-corrected chi connectivity index (χ2v) is 7.63. The van der Waals surface area contributed by atoms with Crippen molar-refractivity contribution >= 4 is 44.9 Å². The molecule has 1 unspecified atom stereocenters. The lowest BCUT2D eigenvalue weighted by Crippen LogP contribution is -2.35. The van der Waals surface area contributed by atoms with E-state index in [4.69, 9.17) is 25.8 Å². The molecule has 0 aliphatic rings. The van der Waals surface area contributed by atoms with Crippen molar-refractivity contribution in [1.82, 2.24) is 5.32 Å². The molecule has 1 amide bonds. The van der Waals surface area contributed by atoms with Gasteiger partial charge in [0.1, 0.15) is 4.88 Å². The van der Waals surface area contributed by atoms with Crippen molar-refractivity contribution in [2.45, 2.75) is 19.6 Å². The highest BCUT2D eigenvalue weighted by atomic mass is 35.5. The number of carbonyl (C=O) groups excluding carboxylic acids is 2. The zero-order chi connectivity index (χ0) is 21.0. The van der Waals surface area contributed by atoms with Crippen LogP contribution in [0, 0.1) is 0 Å². The van der Waals surface area contributed by atoms with E-state index in [0.29, 0.717) is 16.5 Å². The number of ether oxygens (including phenoxy) is 3. The van der Waals surface area contributed by atoms with E-state index in [1.807, 2.05) is 30.3 Å². The smallest absolute Gasteiger partial charge is 0.350 e. The number of methoxy groups -OCH3 is 2. The summed E-state index contributed by atoms with van der Waals surface area (Å²) >= 11 is 7.54. The van der Waals surface area contributed by atoms with Gasteiger partial charge in [-0.15, -0.1) is 11.3 Å². The van der Waals surface area contributed by atoms with Crippen LogP contribution in [0.15, 0.2) is 42.5 Å². The molecule has 152 valence electrons. The van der Waals surface area contributed by atoms with Gasteiger partial charge >= 0.3 is 5.97 Å². The fourth-order valence-electron chi connectivity index (χ4n) is 2.74. The summed E-state index contributed by atoms with van der Waals surface area (Å²) in [5, 5.41) is 3.87. The summed E-state index contributed by atoms with van der Waals surface area (Å²) in [6, 6.07) is 12.8. The summed E-state index contributed by atoms with van der Waals surface area (Å²) in [7, 11) is 3.10. The van der Waals surface area contributed by atoms with Crippen molar-refractivity contribution < 1.29 is 23.8 Å². The van der Waals surface area contributed by atoms with Gasteiger partial charge in [0.25, 0.3) is 5.91 Å². The van der Waals surface area contributed by atoms with Gasteiger partial charge in [0, 0.05) is 16.6 Å². The molecule has 0 aliphatic carbocycles. The molecule has 0 radical (unpaired) electrons. The summed E-state index contributed by atoms with van der Waals surface area (Å²) in [6.45, 7) is 1.77. The summed E-state index contributed by atoms with van der Waals surface area (Å²) in [6.07, 6.45) is -0.969. The number of benzene rings is 2. The summed E-state index contributed by atoms with van der Waals surface area (Å²) in [4.78, 5) is 25.1. The molecule has 1 N–H and O–H groups in total. The van der Waals surface area contributed by atoms with Crippen LogP contribution in [0.2, 0.25) is 5.02 Å². The number of fused-ring (bicyclic) bond motifs is 1. The Hall–Kier alpha value is -2.77. The van der Waals surface area contributed by atoms with Gasteiger partial charge in [-0.25, -0.2) is 4.79 Å². The van der Waals surface area contributed by atoms with Gasteiger partial charge in [0.2, 0.25) is 0 Å². The number of esters is 1. The minimum Gasteiger partial charge on any atom is -0.493 e. The standard InChI is InChI=1S/C21H20ClNO5S/c1-12(20(24)23-11-13-8-9-15(26-2)16(10-13)27-3)28-21(25)19-18(22)14-6-4-5-7-17(14)29-19/h4-10,12H,11H2,1-3H3,(H,23,24). The Balaban J connectivity index is 1.61. The molecule has 0 bridgehead atoms. The van der Waals surface area contributed by atoms with Crippen molar-refractivity contribution in [2.75, 3.05) is 14.2 Å². The number of carbonyl (C=O) groups is 2. The topological polar surface area (TPSA) is 73.9 Å². The first-order chi connectivity index (χ1) is 13.9. The largest absolute Gasteiger partial charge is 0.493 e. The second-order valence-electron chi connectivity index (χ2n) is 6.20. The molecule has 0 saturated carbocycles. The number of rotatable bonds is 7. The maximum absolute atomic E-state index is 12.5. The molecular weight excluding hydrogens is 414 g/mol. The third-order valence-corrected chi connectivity index (χ3v) is 5.94. The maximum Gasteiger partial charge on any atom is 0.350 e. The summed E-state index contributed by atoms with van der Waals surface area (Å²) in [5.74, 6) is 0.138. The Morgan fingerprint density at radius 3 is 2.52 bits per heavy atom. The molecule has 0 fully saturated rings. The van der Waals surface area contributed by atoms with Gasteiger partial charge in [-0.3, -0.25) is 4.79 Å². The van der Waals surface area contributed by atoms with Gasteiger partial charge in [0.05, 0.1) is 19.2 Å². The molecule has 1 aromatic heterocycles. The predicted octanol–water partition coefficient (Wildman–Crippen LogP) is 4.43. The quantitative estimate of drug-likeness (QED) is 0.558. The minimum absolute atomic E-state index is 0.255. The lowest BCUT2D eigenvalue weighted by atomic mass is 10.2. The van der Waals surface area contributed by atoms with E-state index in [2.05, 4.69) is 5.32 Å². The van der Waals surface area contributed by atoms with Gasteiger partial charge in [-0.1, -0.05) is 35.9 Å². The summed E-state index contributed by atoms with van der Waals surface area (Å²) < 4.78 is 16.6. The van der Waals surface area contributed by atoms with E-state index in [-0.39, 0.29) is 11.4 Å². The molecule has 0 spiro atoms. The van der Waals surface area contributed by atoms with Crippen molar-refractivity contribution in [2.24, 2.45) is 0 Å². The molecule has 6 nitrogen and oxygen atoms in total. The fourth-order valence-corrected chi connectivity index (χ4v) is 4.13. The zero-order valence-corrected chi connectivity index (χ0v) is 17.7. The monoisotopic (exact) mass is 433 g/mol. The average Bonchev–Trinajstić information content (AvgIpc) is 3.08. The SMILES string of the molecule is COc1ccc(CNC(=O)C(C)OC(=O)c2sc3ccccc3c2Cl)cc1OC. The van der Waals surface area contributed by atoms with Crippen LogP contribution in [0.4, 0.5) is 0 Å². The molecular formula is C21H20ClNO5S. The number of amides is 1. The maximum atomic E-state index is 12.5. The van der Waals surface area contributed by atoms with Crippen molar-refractivity contribution in [3.05, 3.63) is 57.9 Å². The number of hydrogen-bond acceptors (Lipinski definition) is 6. The highest BCUT2D eigenvalue weighted by molar-refractivity contribution is 7.21. The Kier molecular flexibility index (Phi) is 6.61. The van der Waals surface area contributed by atoms with Crippen molar-refractivity contribution in [3.8, 4) is 11.5 Å². The molecule has 29 heavy (non-hydrogen) atoms. The third kappa shape index (κ3) is 4.63. The van der Waals surface area contributed by atoms with Gasteiger partial charge < -0.3 is 19.5 Å². The van der Waals surface area contributed by atoms with Crippen LogP contribution in [0.3, 0.4) is 0 Å². The van der Waals surface area contributed by atoms with Crippen LogP contribution in [-0.2, 0) is 16.1 Å². The number of thiophene rings is 1. The van der Waals surface area contributed by atoms with E-state index < -0.39 is 18.0 Å². The lowest BCUT2D eigenvalue weighted by molar-refractivity contribution is -0.129. The molecule has 8 heteroatoms. The molecule has 1 heterocycles. The molecule has 0 aliphatic heterocycles. The van der Waals surface area contributed by atoms with Crippen LogP contribution in [0.1, 0.15) is 22.2 Å². The molecule has 3 rings (SSSR count). The zero-order valence-electron chi connectivity index (χ0n) is 16.2. The number of nitrogens with one attached hydrogen (secondary N) is 1. The van der Waals surface area contributed by atoms with E-state index in [9.17, 15) is 9.59 Å². The van der Waals surface area contributed by atoms with Crippen LogP contribution >= 0.6 is 22.9 Å². The minimum atomic E-state index is -0.969. The Morgan fingerprint density at radius 2 is 1.83 bits per heavy atom. The second kappa shape index (κ2) is 9.15. The van der Waals surface area contributed by atoms with E-state index in [1.54, 1.807) is 26.4 Å². The van der Waals surface area contributed by atoms with Crippen LogP contribution in [-0.4, -0.2) is 32.2 Å². The highest BCUT2D eigenvalue weighted by Gasteiger charge is 2.23. The molecule has 0 saturated heterocycles. The Labute approximate surface area is 177 Å². The van der Waals surface area contributed by atoms with Gasteiger partial charge in [0.15, 0.2) is 17.6 Å². The van der Waals surface area contributed by atoms with Crippen LogP contribution < -0.4 is 14.8 Å². The third-order valence-electron chi connectivity index (χ3n) is 4.29. The first-order valence-corrected chi connectivity index (χ1v) is 10.0.